The van der Waals surface area contributed by atoms with Crippen LogP contribution in [0.15, 0.2) is 127 Å². The highest BCUT2D eigenvalue weighted by Crippen LogP contribution is 2.39. The molecule has 0 aliphatic rings. The summed E-state index contributed by atoms with van der Waals surface area (Å²) in [6.45, 7) is 13.8. The van der Waals surface area contributed by atoms with Crippen LogP contribution in [0.4, 0.5) is 5.69 Å². The Morgan fingerprint density at radius 1 is 0.413 bits per heavy atom. The summed E-state index contributed by atoms with van der Waals surface area (Å²) >= 11 is 0. The number of H-pyrrole nitrogens is 1. The van der Waals surface area contributed by atoms with Crippen molar-refractivity contribution >= 4 is 49.0 Å². The molecule has 0 saturated carbocycles. The molecule has 1 aromatic heterocycles. The van der Waals surface area contributed by atoms with Crippen molar-refractivity contribution in [2.75, 3.05) is 5.73 Å². The number of fused-ring (bicyclic) bond motifs is 7. The van der Waals surface area contributed by atoms with Crippen molar-refractivity contribution in [1.29, 1.82) is 0 Å². The minimum absolute atomic E-state index is 0.00582. The summed E-state index contributed by atoms with van der Waals surface area (Å²) in [4.78, 5) is 3.94. The van der Waals surface area contributed by atoms with E-state index in [1.807, 2.05) is 6.07 Å². The maximum Gasteiger partial charge on any atom is 0.0698 e. The number of nitrogens with one attached hydrogen (secondary N) is 1. The van der Waals surface area contributed by atoms with E-state index in [1.165, 1.54) is 44.0 Å². The fourth-order valence-corrected chi connectivity index (χ4v) is 6.63. The molecule has 0 aliphatic carbocycles. The van der Waals surface area contributed by atoms with E-state index in [0.717, 1.165) is 38.4 Å². The van der Waals surface area contributed by atoms with E-state index in [-0.39, 0.29) is 10.8 Å². The molecule has 0 amide bonds. The number of aromatic nitrogens is 1. The lowest BCUT2D eigenvalue weighted by Gasteiger charge is -2.26. The van der Waals surface area contributed by atoms with E-state index in [4.69, 9.17) is 5.73 Å². The molecule has 0 fully saturated rings. The van der Waals surface area contributed by atoms with Gasteiger partial charge in [-0.3, -0.25) is 0 Å². The quantitative estimate of drug-likeness (QED) is 0.191. The van der Waals surface area contributed by atoms with Gasteiger partial charge in [-0.2, -0.15) is 0 Å². The second-order valence-electron chi connectivity index (χ2n) is 14.6. The van der Waals surface area contributed by atoms with Crippen molar-refractivity contribution in [3.8, 4) is 22.3 Å². The van der Waals surface area contributed by atoms with E-state index in [2.05, 4.69) is 168 Å². The Hall–Kier alpha value is -5.08. The Balaban J connectivity index is 1.71. The number of para-hydroxylation sites is 2. The van der Waals surface area contributed by atoms with Crippen LogP contribution in [0.1, 0.15) is 52.7 Å². The molecule has 2 heteroatoms. The summed E-state index contributed by atoms with van der Waals surface area (Å²) in [5.74, 6) is 0. The highest BCUT2D eigenvalue weighted by molar-refractivity contribution is 6.21. The molecule has 7 aromatic rings. The number of nitrogen functional groups attached to an aromatic ring is 1. The molecule has 3 N–H and O–H groups in total. The average molecular weight is 599 g/mol. The normalized spacial score (nSPS) is 12.2. The first-order valence-corrected chi connectivity index (χ1v) is 16.2. The Labute approximate surface area is 272 Å². The molecule has 0 spiro atoms. The summed E-state index contributed by atoms with van der Waals surface area (Å²) in [5.41, 5.74) is 17.0. The number of rotatable bonds is 2. The monoisotopic (exact) mass is 598 g/mol. The standard InChI is InChI=1S/C44H42N2/c1-43(2,3)31-24-30(25-32(27-31)44(4,5)6)33-18-12-19-37-34-16-10-11-17-35(34)39-26-29(28-14-8-7-9-15-28)22-23-36(39)38-20-13-21-40(45)42(38)46-41(33)37/h7-27,46H,45H2,1-6H3. The van der Waals surface area contributed by atoms with E-state index in [1.54, 1.807) is 0 Å². The predicted octanol–water partition coefficient (Wildman–Crippen LogP) is 12.3. The third-order valence-corrected chi connectivity index (χ3v) is 9.31. The molecule has 0 atom stereocenters. The Morgan fingerprint density at radius 3 is 1.61 bits per heavy atom. The summed E-state index contributed by atoms with van der Waals surface area (Å²) in [7, 11) is 0. The number of hydrogen-bond acceptors (Lipinski definition) is 1. The minimum Gasteiger partial charge on any atom is -0.397 e. The van der Waals surface area contributed by atoms with Crippen LogP contribution in [0.5, 0.6) is 0 Å². The van der Waals surface area contributed by atoms with Gasteiger partial charge in [-0.25, -0.2) is 0 Å². The molecule has 0 saturated heterocycles. The van der Waals surface area contributed by atoms with Crippen LogP contribution in [0.3, 0.4) is 0 Å². The minimum atomic E-state index is 0.00582. The fourth-order valence-electron chi connectivity index (χ4n) is 6.63. The third-order valence-electron chi connectivity index (χ3n) is 9.31. The van der Waals surface area contributed by atoms with Crippen LogP contribution in [-0.2, 0) is 10.8 Å². The van der Waals surface area contributed by atoms with E-state index < -0.39 is 0 Å². The highest BCUT2D eigenvalue weighted by atomic mass is 14.7. The lowest BCUT2D eigenvalue weighted by atomic mass is 9.79. The summed E-state index contributed by atoms with van der Waals surface area (Å²) < 4.78 is 0. The second-order valence-corrected chi connectivity index (χ2v) is 14.6. The van der Waals surface area contributed by atoms with Gasteiger partial charge in [0.2, 0.25) is 0 Å². The molecular weight excluding hydrogens is 556 g/mol. The van der Waals surface area contributed by atoms with Gasteiger partial charge >= 0.3 is 0 Å². The Bertz CT molecular complexity index is 2290. The second kappa shape index (κ2) is 11.1. The van der Waals surface area contributed by atoms with Crippen LogP contribution < -0.4 is 5.73 Å². The summed E-state index contributed by atoms with van der Waals surface area (Å²) in [6.07, 6.45) is 0. The van der Waals surface area contributed by atoms with Crippen molar-refractivity contribution in [2.45, 2.75) is 52.4 Å². The molecule has 0 unspecified atom stereocenters. The van der Waals surface area contributed by atoms with Gasteiger partial charge in [0, 0.05) is 16.3 Å². The van der Waals surface area contributed by atoms with Crippen LogP contribution in [0.2, 0.25) is 0 Å². The van der Waals surface area contributed by atoms with Crippen molar-refractivity contribution < 1.29 is 0 Å². The van der Waals surface area contributed by atoms with Gasteiger partial charge in [0.15, 0.2) is 0 Å². The Kier molecular flexibility index (Phi) is 7.13. The van der Waals surface area contributed by atoms with E-state index in [9.17, 15) is 0 Å². The number of hydrogen-bond donors (Lipinski definition) is 2. The number of nitrogens with two attached hydrogens (primary N) is 1. The molecule has 6 aromatic carbocycles. The van der Waals surface area contributed by atoms with Gasteiger partial charge in [-0.15, -0.1) is 0 Å². The smallest absolute Gasteiger partial charge is 0.0698 e. The van der Waals surface area contributed by atoms with E-state index >= 15 is 0 Å². The zero-order valence-electron chi connectivity index (χ0n) is 27.7. The van der Waals surface area contributed by atoms with Crippen LogP contribution in [-0.4, -0.2) is 4.98 Å². The van der Waals surface area contributed by atoms with Crippen molar-refractivity contribution in [3.05, 3.63) is 139 Å². The molecule has 0 bridgehead atoms. The molecule has 0 aliphatic heterocycles. The predicted molar refractivity (Wildman–Crippen MR) is 201 cm³/mol. The third kappa shape index (κ3) is 5.28. The lowest BCUT2D eigenvalue weighted by Crippen LogP contribution is -2.16. The molecule has 46 heavy (non-hydrogen) atoms. The first-order valence-electron chi connectivity index (χ1n) is 16.2. The van der Waals surface area contributed by atoms with Gasteiger partial charge in [0.25, 0.3) is 0 Å². The number of anilines is 1. The van der Waals surface area contributed by atoms with Crippen LogP contribution in [0, 0.1) is 0 Å². The van der Waals surface area contributed by atoms with Gasteiger partial charge < -0.3 is 10.7 Å². The topological polar surface area (TPSA) is 41.8 Å². The number of aromatic amines is 1. The molecular formula is C44H42N2. The zero-order chi connectivity index (χ0) is 32.2. The maximum absolute atomic E-state index is 6.84. The lowest BCUT2D eigenvalue weighted by molar-refractivity contribution is 0.569. The summed E-state index contributed by atoms with van der Waals surface area (Å²) in [6, 6.07) is 46.3. The molecule has 228 valence electrons. The molecule has 2 nitrogen and oxygen atoms in total. The molecule has 1 heterocycles. The maximum atomic E-state index is 6.84. The molecule has 0 radical (unpaired) electrons. The first kappa shape index (κ1) is 29.6. The van der Waals surface area contributed by atoms with Gasteiger partial charge in [0.05, 0.1) is 16.7 Å². The van der Waals surface area contributed by atoms with Crippen molar-refractivity contribution in [2.24, 2.45) is 0 Å². The average Bonchev–Trinajstić information content (AvgIpc) is 3.09. The van der Waals surface area contributed by atoms with Gasteiger partial charge in [-0.05, 0) is 72.3 Å². The summed E-state index contributed by atoms with van der Waals surface area (Å²) in [5, 5.41) is 6.97. The molecule has 7 rings (SSSR count). The largest absolute Gasteiger partial charge is 0.397 e. The fraction of sp³-hybridized carbons (Fsp3) is 0.182. The van der Waals surface area contributed by atoms with Crippen molar-refractivity contribution in [3.63, 3.8) is 0 Å². The number of benzene rings is 6. The zero-order valence-corrected chi connectivity index (χ0v) is 27.7. The SMILES string of the molecule is CC(C)(C)c1cc(-c2cccc3c2[nH]c2c(N)cccc2c2ccc(-c4ccccc4)cc2c2ccccc32)cc(C(C)(C)C)c1. The van der Waals surface area contributed by atoms with Gasteiger partial charge in [-0.1, -0.05) is 157 Å². The van der Waals surface area contributed by atoms with Crippen LogP contribution in [0.25, 0.3) is 65.6 Å². The van der Waals surface area contributed by atoms with Crippen molar-refractivity contribution in [1.82, 2.24) is 4.98 Å². The highest BCUT2D eigenvalue weighted by Gasteiger charge is 2.22. The van der Waals surface area contributed by atoms with Gasteiger partial charge in [0.1, 0.15) is 0 Å². The van der Waals surface area contributed by atoms with E-state index in [0.29, 0.717) is 0 Å². The Morgan fingerprint density at radius 2 is 0.957 bits per heavy atom. The first-order chi connectivity index (χ1) is 22.0. The van der Waals surface area contributed by atoms with Crippen LogP contribution >= 0.6 is 0 Å².